The molecular weight excluding hydrogens is 276 g/mol. The number of carbonyl (C=O) groups is 1. The quantitative estimate of drug-likeness (QED) is 0.911. The Kier molecular flexibility index (Phi) is 3.15. The van der Waals surface area contributed by atoms with Crippen molar-refractivity contribution in [3.63, 3.8) is 0 Å². The van der Waals surface area contributed by atoms with Gasteiger partial charge in [-0.25, -0.2) is 4.99 Å². The van der Waals surface area contributed by atoms with Crippen molar-refractivity contribution >= 4 is 11.9 Å². The van der Waals surface area contributed by atoms with Crippen LogP contribution >= 0.6 is 0 Å². The molecule has 0 spiro atoms. The number of likely N-dealkylation sites (N-methyl/N-ethyl adjacent to an activating group) is 1. The van der Waals surface area contributed by atoms with Crippen LogP contribution in [-0.4, -0.2) is 23.8 Å². The summed E-state index contributed by atoms with van der Waals surface area (Å²) in [6, 6.07) is 18.3. The maximum atomic E-state index is 12.9. The number of amides is 1. The van der Waals surface area contributed by atoms with Gasteiger partial charge in [-0.15, -0.1) is 0 Å². The molecule has 5 heteroatoms. The summed E-state index contributed by atoms with van der Waals surface area (Å²) in [6.45, 7) is 0. The molecule has 0 saturated carbocycles. The summed E-state index contributed by atoms with van der Waals surface area (Å²) in [4.78, 5) is 18.7. The number of guanidine groups is 1. The lowest BCUT2D eigenvalue weighted by Gasteiger charge is -2.26. The molecule has 0 bridgehead atoms. The largest absolute Gasteiger partial charge is 0.369 e. The Labute approximate surface area is 128 Å². The third kappa shape index (κ3) is 1.85. The van der Waals surface area contributed by atoms with Gasteiger partial charge in [-0.05, 0) is 23.3 Å². The summed E-state index contributed by atoms with van der Waals surface area (Å²) >= 11 is 0. The van der Waals surface area contributed by atoms with Gasteiger partial charge in [0.1, 0.15) is 0 Å². The van der Waals surface area contributed by atoms with Gasteiger partial charge in [-0.1, -0.05) is 42.5 Å². The smallest absolute Gasteiger partial charge is 0.266 e. The lowest BCUT2D eigenvalue weighted by Crippen LogP contribution is -2.41. The molecule has 0 radical (unpaired) electrons. The van der Waals surface area contributed by atoms with Crippen molar-refractivity contribution in [1.29, 1.82) is 5.26 Å². The minimum atomic E-state index is -1.23. The lowest BCUT2D eigenvalue weighted by molar-refractivity contribution is -0.129. The third-order valence-corrected chi connectivity index (χ3v) is 3.84. The Bertz CT molecular complexity index is 807. The van der Waals surface area contributed by atoms with Crippen LogP contribution in [0.5, 0.6) is 0 Å². The van der Waals surface area contributed by atoms with E-state index < -0.39 is 5.54 Å². The molecule has 1 atom stereocenters. The molecule has 0 fully saturated rings. The first-order valence-electron chi connectivity index (χ1n) is 6.79. The van der Waals surface area contributed by atoms with E-state index in [-0.39, 0.29) is 11.9 Å². The summed E-state index contributed by atoms with van der Waals surface area (Å²) in [5.41, 5.74) is 6.48. The summed E-state index contributed by atoms with van der Waals surface area (Å²) in [6.07, 6.45) is 0. The van der Waals surface area contributed by atoms with Crippen LogP contribution in [0.15, 0.2) is 59.6 Å². The number of carbonyl (C=O) groups excluding carboxylic acids is 1. The van der Waals surface area contributed by atoms with Crippen molar-refractivity contribution < 1.29 is 4.79 Å². The van der Waals surface area contributed by atoms with Gasteiger partial charge in [-0.2, -0.15) is 5.26 Å². The number of aliphatic imine (C=N–C) groups is 1. The normalized spacial score (nSPS) is 20.6. The molecule has 22 heavy (non-hydrogen) atoms. The highest BCUT2D eigenvalue weighted by atomic mass is 16.2. The Morgan fingerprint density at radius 2 is 1.82 bits per heavy atom. The van der Waals surface area contributed by atoms with Crippen LogP contribution in [0.1, 0.15) is 16.7 Å². The van der Waals surface area contributed by atoms with E-state index in [1.165, 1.54) is 4.90 Å². The van der Waals surface area contributed by atoms with E-state index in [9.17, 15) is 4.79 Å². The number of benzene rings is 2. The van der Waals surface area contributed by atoms with Crippen LogP contribution in [0.3, 0.4) is 0 Å². The van der Waals surface area contributed by atoms with E-state index in [2.05, 4.69) is 11.1 Å². The van der Waals surface area contributed by atoms with E-state index in [1.807, 2.05) is 30.3 Å². The molecule has 3 rings (SSSR count). The van der Waals surface area contributed by atoms with Crippen LogP contribution in [0.4, 0.5) is 0 Å². The first-order chi connectivity index (χ1) is 10.6. The summed E-state index contributed by atoms with van der Waals surface area (Å²) in [5.74, 6) is -0.0671. The summed E-state index contributed by atoms with van der Waals surface area (Å²) < 4.78 is 0. The minimum Gasteiger partial charge on any atom is -0.369 e. The number of rotatable bonds is 2. The molecule has 2 N–H and O–H groups in total. The standard InChI is InChI=1S/C17H14N4O/c1-21-15(22)17(20-16(21)19,13-7-3-2-4-8-13)14-9-5-6-12(10-14)11-18/h2-10H,1H3,(H2,19,20). The maximum Gasteiger partial charge on any atom is 0.266 e. The fourth-order valence-electron chi connectivity index (χ4n) is 2.68. The van der Waals surface area contributed by atoms with Crippen molar-refractivity contribution in [3.05, 3.63) is 71.3 Å². The second-order valence-electron chi connectivity index (χ2n) is 5.10. The number of nitrogens with two attached hydrogens (primary N) is 1. The van der Waals surface area contributed by atoms with E-state index in [1.54, 1.807) is 31.3 Å². The average molecular weight is 290 g/mol. The average Bonchev–Trinajstić information content (AvgIpc) is 2.81. The van der Waals surface area contributed by atoms with Crippen molar-refractivity contribution in [3.8, 4) is 6.07 Å². The van der Waals surface area contributed by atoms with Crippen LogP contribution in [0.2, 0.25) is 0 Å². The second kappa shape index (κ2) is 5.01. The summed E-state index contributed by atoms with van der Waals surface area (Å²) in [5, 5.41) is 9.12. The van der Waals surface area contributed by atoms with Crippen molar-refractivity contribution in [2.45, 2.75) is 5.54 Å². The molecule has 2 aromatic rings. The van der Waals surface area contributed by atoms with Crippen molar-refractivity contribution in [2.75, 3.05) is 7.05 Å². The highest BCUT2D eigenvalue weighted by Crippen LogP contribution is 2.39. The highest BCUT2D eigenvalue weighted by molar-refractivity contribution is 6.08. The van der Waals surface area contributed by atoms with E-state index >= 15 is 0 Å². The number of hydrogen-bond donors (Lipinski definition) is 1. The molecule has 1 aliphatic heterocycles. The Morgan fingerprint density at radius 1 is 1.14 bits per heavy atom. The van der Waals surface area contributed by atoms with Gasteiger partial charge in [0.25, 0.3) is 5.91 Å². The molecule has 1 amide bonds. The van der Waals surface area contributed by atoms with E-state index in [0.717, 1.165) is 5.56 Å². The topological polar surface area (TPSA) is 82.5 Å². The maximum absolute atomic E-state index is 12.9. The second-order valence-corrected chi connectivity index (χ2v) is 5.10. The molecule has 1 heterocycles. The minimum absolute atomic E-state index is 0.163. The highest BCUT2D eigenvalue weighted by Gasteiger charge is 2.49. The zero-order valence-electron chi connectivity index (χ0n) is 12.0. The summed E-state index contributed by atoms with van der Waals surface area (Å²) in [7, 11) is 1.60. The Hall–Kier alpha value is -3.13. The predicted octanol–water partition coefficient (Wildman–Crippen LogP) is 1.59. The first kappa shape index (κ1) is 13.8. The predicted molar refractivity (Wildman–Crippen MR) is 82.8 cm³/mol. The SMILES string of the molecule is CN1C(=O)C(c2ccccc2)(c2cccc(C#N)c2)N=C1N. The molecular formula is C17H14N4O. The number of nitriles is 1. The molecule has 5 nitrogen and oxygen atoms in total. The number of hydrogen-bond acceptors (Lipinski definition) is 4. The van der Waals surface area contributed by atoms with Crippen LogP contribution < -0.4 is 5.73 Å². The molecule has 1 aliphatic rings. The molecule has 0 saturated heterocycles. The fourth-order valence-corrected chi connectivity index (χ4v) is 2.68. The van der Waals surface area contributed by atoms with Gasteiger partial charge >= 0.3 is 0 Å². The molecule has 1 unspecified atom stereocenters. The van der Waals surface area contributed by atoms with Crippen LogP contribution in [-0.2, 0) is 10.3 Å². The number of nitrogens with zero attached hydrogens (tertiary/aromatic N) is 3. The van der Waals surface area contributed by atoms with Gasteiger partial charge in [0, 0.05) is 7.05 Å². The molecule has 2 aromatic carbocycles. The van der Waals surface area contributed by atoms with Crippen molar-refractivity contribution in [2.24, 2.45) is 10.7 Å². The Balaban J connectivity index is 2.30. The van der Waals surface area contributed by atoms with Crippen LogP contribution in [0.25, 0.3) is 0 Å². The van der Waals surface area contributed by atoms with E-state index in [0.29, 0.717) is 11.1 Å². The van der Waals surface area contributed by atoms with Gasteiger partial charge in [0.2, 0.25) is 0 Å². The van der Waals surface area contributed by atoms with Gasteiger partial charge in [-0.3, -0.25) is 9.69 Å². The fraction of sp³-hybridized carbons (Fsp3) is 0.118. The van der Waals surface area contributed by atoms with Gasteiger partial charge < -0.3 is 5.73 Å². The zero-order valence-corrected chi connectivity index (χ0v) is 12.0. The molecule has 0 aliphatic carbocycles. The van der Waals surface area contributed by atoms with Crippen molar-refractivity contribution in [1.82, 2.24) is 4.90 Å². The third-order valence-electron chi connectivity index (χ3n) is 3.84. The lowest BCUT2D eigenvalue weighted by atomic mass is 9.82. The monoisotopic (exact) mass is 290 g/mol. The zero-order chi connectivity index (χ0) is 15.7. The first-order valence-corrected chi connectivity index (χ1v) is 6.79. The van der Waals surface area contributed by atoms with Gasteiger partial charge in [0.15, 0.2) is 11.5 Å². The van der Waals surface area contributed by atoms with Crippen LogP contribution in [0, 0.1) is 11.3 Å². The molecule has 108 valence electrons. The van der Waals surface area contributed by atoms with E-state index in [4.69, 9.17) is 11.0 Å². The molecule has 0 aromatic heterocycles. The van der Waals surface area contributed by atoms with Gasteiger partial charge in [0.05, 0.1) is 11.6 Å². The Morgan fingerprint density at radius 3 is 2.41 bits per heavy atom.